The molecule has 2 heterocycles. The minimum atomic E-state index is -0.820. The third-order valence-corrected chi connectivity index (χ3v) is 4.74. The van der Waals surface area contributed by atoms with Crippen LogP contribution in [0.4, 0.5) is 5.82 Å². The molecule has 3 N–H and O–H groups in total. The number of fused-ring (bicyclic) bond motifs is 1. The Balaban J connectivity index is 1.54. The van der Waals surface area contributed by atoms with Gasteiger partial charge in [-0.05, 0) is 17.7 Å². The molecule has 0 spiro atoms. The minimum absolute atomic E-state index is 0.180. The number of aromatic nitrogens is 4. The monoisotopic (exact) mass is 371 g/mol. The van der Waals surface area contributed by atoms with Crippen molar-refractivity contribution >= 4 is 28.6 Å². The number of imidazole rings is 1. The molecule has 0 amide bonds. The molecular weight excluding hydrogens is 354 g/mol. The maximum Gasteiger partial charge on any atom is 0.165 e. The molecule has 1 aliphatic rings. The first-order valence-corrected chi connectivity index (χ1v) is 8.68. The van der Waals surface area contributed by atoms with Gasteiger partial charge in [-0.3, -0.25) is 0 Å². The fourth-order valence-electron chi connectivity index (χ4n) is 3.11. The number of hydrogen-bond donors (Lipinski definition) is 3. The van der Waals surface area contributed by atoms with Crippen molar-refractivity contribution in [3.8, 4) is 0 Å². The first-order valence-electron chi connectivity index (χ1n) is 8.30. The van der Waals surface area contributed by atoms with E-state index in [1.807, 2.05) is 34.9 Å². The number of nitrogens with one attached hydrogen (secondary N) is 1. The third-order valence-electron chi connectivity index (χ3n) is 4.50. The van der Waals surface area contributed by atoms with E-state index in [1.54, 1.807) is 12.4 Å². The van der Waals surface area contributed by atoms with Crippen LogP contribution in [0.15, 0.2) is 49.1 Å². The van der Waals surface area contributed by atoms with Gasteiger partial charge < -0.3 is 20.1 Å². The Morgan fingerprint density at radius 2 is 2.04 bits per heavy atom. The summed E-state index contributed by atoms with van der Waals surface area (Å²) in [6.07, 6.45) is 4.96. The summed E-state index contributed by atoms with van der Waals surface area (Å²) in [7, 11) is 0. The Morgan fingerprint density at radius 3 is 2.81 bits per heavy atom. The van der Waals surface area contributed by atoms with E-state index in [4.69, 9.17) is 11.6 Å². The average Bonchev–Trinajstić information content (AvgIpc) is 3.19. The highest BCUT2D eigenvalue weighted by molar-refractivity contribution is 6.30. The summed E-state index contributed by atoms with van der Waals surface area (Å²) in [6.45, 7) is 1.05. The SMILES string of the molecule is O[C@@H]1[C@H](O)C=C[C@H]1Cn1cnc2c(NCc3cccc(Cl)c3)ncnc21. The molecule has 8 heteroatoms. The lowest BCUT2D eigenvalue weighted by atomic mass is 10.1. The third kappa shape index (κ3) is 3.29. The van der Waals surface area contributed by atoms with Crippen LogP contribution in [0.1, 0.15) is 5.56 Å². The van der Waals surface area contributed by atoms with Crippen LogP contribution in [0.3, 0.4) is 0 Å². The van der Waals surface area contributed by atoms with Crippen molar-refractivity contribution in [2.24, 2.45) is 5.92 Å². The van der Waals surface area contributed by atoms with Crippen molar-refractivity contribution in [2.75, 3.05) is 5.32 Å². The van der Waals surface area contributed by atoms with Crippen LogP contribution in [-0.2, 0) is 13.1 Å². The lowest BCUT2D eigenvalue weighted by Crippen LogP contribution is -2.28. The zero-order chi connectivity index (χ0) is 18.1. The number of aliphatic hydroxyl groups excluding tert-OH is 2. The number of anilines is 1. The molecule has 0 saturated carbocycles. The van der Waals surface area contributed by atoms with Gasteiger partial charge in [-0.15, -0.1) is 0 Å². The van der Waals surface area contributed by atoms with Crippen LogP contribution in [0.5, 0.6) is 0 Å². The molecule has 3 atom stereocenters. The Bertz CT molecular complexity index is 958. The first kappa shape index (κ1) is 17.0. The van der Waals surface area contributed by atoms with E-state index in [0.717, 1.165) is 5.56 Å². The second kappa shape index (κ2) is 7.03. The van der Waals surface area contributed by atoms with Crippen LogP contribution in [-0.4, -0.2) is 41.9 Å². The quantitative estimate of drug-likeness (QED) is 0.594. The fourth-order valence-corrected chi connectivity index (χ4v) is 3.32. The second-order valence-corrected chi connectivity index (χ2v) is 6.74. The molecule has 0 saturated heterocycles. The van der Waals surface area contributed by atoms with E-state index in [-0.39, 0.29) is 5.92 Å². The first-order chi connectivity index (χ1) is 12.6. The van der Waals surface area contributed by atoms with Crippen LogP contribution < -0.4 is 5.32 Å². The van der Waals surface area contributed by atoms with E-state index in [2.05, 4.69) is 20.3 Å². The zero-order valence-electron chi connectivity index (χ0n) is 13.8. The molecular formula is C18H18ClN5O2. The van der Waals surface area contributed by atoms with Crippen LogP contribution in [0, 0.1) is 5.92 Å². The van der Waals surface area contributed by atoms with Gasteiger partial charge in [0, 0.05) is 24.0 Å². The van der Waals surface area contributed by atoms with Crippen molar-refractivity contribution in [3.05, 3.63) is 59.7 Å². The van der Waals surface area contributed by atoms with Crippen molar-refractivity contribution in [2.45, 2.75) is 25.3 Å². The van der Waals surface area contributed by atoms with Crippen molar-refractivity contribution in [1.29, 1.82) is 0 Å². The van der Waals surface area contributed by atoms with Crippen LogP contribution in [0.25, 0.3) is 11.2 Å². The van der Waals surface area contributed by atoms with Crippen LogP contribution in [0.2, 0.25) is 5.02 Å². The topological polar surface area (TPSA) is 96.1 Å². The van der Waals surface area contributed by atoms with Crippen molar-refractivity contribution in [3.63, 3.8) is 0 Å². The summed E-state index contributed by atoms with van der Waals surface area (Å²) in [4.78, 5) is 13.0. The Morgan fingerprint density at radius 1 is 1.15 bits per heavy atom. The smallest absolute Gasteiger partial charge is 0.165 e. The van der Waals surface area contributed by atoms with Crippen molar-refractivity contribution in [1.82, 2.24) is 19.5 Å². The molecule has 2 aromatic heterocycles. The second-order valence-electron chi connectivity index (χ2n) is 6.30. The lowest BCUT2D eigenvalue weighted by Gasteiger charge is -2.17. The van der Waals surface area contributed by atoms with E-state index in [0.29, 0.717) is 35.1 Å². The molecule has 1 aliphatic carbocycles. The predicted octanol–water partition coefficient (Wildman–Crippen LogP) is 2.00. The number of aliphatic hydroxyl groups is 2. The molecule has 4 rings (SSSR count). The average molecular weight is 372 g/mol. The predicted molar refractivity (Wildman–Crippen MR) is 98.7 cm³/mol. The van der Waals surface area contributed by atoms with Crippen molar-refractivity contribution < 1.29 is 10.2 Å². The highest BCUT2D eigenvalue weighted by atomic mass is 35.5. The molecule has 134 valence electrons. The molecule has 0 radical (unpaired) electrons. The molecule has 3 aromatic rings. The van der Waals surface area contributed by atoms with Gasteiger partial charge in [0.05, 0.1) is 18.5 Å². The molecule has 0 bridgehead atoms. The number of halogens is 1. The molecule has 1 aromatic carbocycles. The largest absolute Gasteiger partial charge is 0.389 e. The maximum atomic E-state index is 10.0. The number of hydrogen-bond acceptors (Lipinski definition) is 6. The highest BCUT2D eigenvalue weighted by Gasteiger charge is 2.29. The summed E-state index contributed by atoms with van der Waals surface area (Å²) < 4.78 is 1.86. The van der Waals surface area contributed by atoms with E-state index in [9.17, 15) is 10.2 Å². The van der Waals surface area contributed by atoms with E-state index >= 15 is 0 Å². The summed E-state index contributed by atoms with van der Waals surface area (Å²) in [5, 5.41) is 23.6. The molecule has 0 unspecified atom stereocenters. The van der Waals surface area contributed by atoms with Gasteiger partial charge in [-0.2, -0.15) is 0 Å². The van der Waals surface area contributed by atoms with Gasteiger partial charge >= 0.3 is 0 Å². The summed E-state index contributed by atoms with van der Waals surface area (Å²) >= 11 is 6.02. The number of rotatable bonds is 5. The standard InChI is InChI=1S/C18H18ClN5O2/c19-13-3-1-2-11(6-13)7-20-17-15-18(22-9-21-17)24(10-23-15)8-12-4-5-14(25)16(12)26/h1-6,9-10,12,14,16,25-26H,7-8H2,(H,20,21,22)/t12-,14+,16-/m0/s1. The zero-order valence-corrected chi connectivity index (χ0v) is 14.6. The van der Waals surface area contributed by atoms with Gasteiger partial charge in [-0.1, -0.05) is 35.9 Å². The van der Waals surface area contributed by atoms with Gasteiger partial charge in [0.25, 0.3) is 0 Å². The van der Waals surface area contributed by atoms with Gasteiger partial charge in [0.1, 0.15) is 11.8 Å². The van der Waals surface area contributed by atoms with Gasteiger partial charge in [0.15, 0.2) is 11.5 Å². The lowest BCUT2D eigenvalue weighted by molar-refractivity contribution is 0.0298. The molecule has 26 heavy (non-hydrogen) atoms. The normalized spacial score (nSPS) is 22.2. The van der Waals surface area contributed by atoms with Gasteiger partial charge in [0.2, 0.25) is 0 Å². The Hall–Kier alpha value is -2.48. The summed E-state index contributed by atoms with van der Waals surface area (Å²) in [6, 6.07) is 7.61. The van der Waals surface area contributed by atoms with Gasteiger partial charge in [-0.25, -0.2) is 15.0 Å². The van der Waals surface area contributed by atoms with E-state index < -0.39 is 12.2 Å². The maximum absolute atomic E-state index is 10.0. The van der Waals surface area contributed by atoms with E-state index in [1.165, 1.54) is 6.33 Å². The Labute approximate surface area is 155 Å². The highest BCUT2D eigenvalue weighted by Crippen LogP contribution is 2.24. The number of benzene rings is 1. The van der Waals surface area contributed by atoms with Crippen LogP contribution >= 0.6 is 11.6 Å². The summed E-state index contributed by atoms with van der Waals surface area (Å²) in [5.74, 6) is 0.455. The molecule has 0 fully saturated rings. The number of nitrogens with zero attached hydrogens (tertiary/aromatic N) is 4. The summed E-state index contributed by atoms with van der Waals surface area (Å²) in [5.41, 5.74) is 2.37. The minimum Gasteiger partial charge on any atom is -0.389 e. The Kier molecular flexibility index (Phi) is 4.58. The fraction of sp³-hybridized carbons (Fsp3) is 0.278. The molecule has 7 nitrogen and oxygen atoms in total. The molecule has 0 aliphatic heterocycles.